The number of hydrogen-bond donors (Lipinski definition) is 1. The zero-order chi connectivity index (χ0) is 10.7. The average Bonchev–Trinajstić information content (AvgIpc) is 2.66. The highest BCUT2D eigenvalue weighted by atomic mass is 16.5. The maximum atomic E-state index is 11.6. The first-order valence-electron chi connectivity index (χ1n) is 4.41. The van der Waals surface area contributed by atoms with Crippen LogP contribution in [0.4, 0.5) is 5.82 Å². The van der Waals surface area contributed by atoms with E-state index in [-0.39, 0.29) is 5.91 Å². The number of carbonyl (C=O) groups excluding carboxylic acids is 1. The Hall–Kier alpha value is -2.17. The molecule has 0 aliphatic heterocycles. The lowest BCUT2D eigenvalue weighted by atomic mass is 10.2. The second kappa shape index (κ2) is 3.91. The highest BCUT2D eigenvalue weighted by Crippen LogP contribution is 2.08. The van der Waals surface area contributed by atoms with Crippen molar-refractivity contribution in [3.05, 3.63) is 41.9 Å². The molecule has 0 bridgehead atoms. The molecule has 1 amide bonds. The van der Waals surface area contributed by atoms with E-state index in [2.05, 4.69) is 20.0 Å². The largest absolute Gasteiger partial charge is 0.364 e. The maximum Gasteiger partial charge on any atom is 0.262 e. The zero-order valence-corrected chi connectivity index (χ0v) is 8.10. The highest BCUT2D eigenvalue weighted by molar-refractivity contribution is 6.04. The van der Waals surface area contributed by atoms with E-state index in [0.717, 1.165) is 0 Å². The third-order valence-corrected chi connectivity index (χ3v) is 1.90. The standard InChI is InChI=1S/C10H9N3O2/c1-7-8(6-15-13-7)10(14)12-9-4-2-3-5-11-9/h2-6H,1H3,(H,11,12,14). The molecule has 76 valence electrons. The van der Waals surface area contributed by atoms with Crippen LogP contribution in [0.1, 0.15) is 16.1 Å². The number of nitrogens with zero attached hydrogens (tertiary/aromatic N) is 2. The van der Waals surface area contributed by atoms with E-state index in [0.29, 0.717) is 17.1 Å². The third kappa shape index (κ3) is 2.01. The van der Waals surface area contributed by atoms with Crippen LogP contribution in [0.25, 0.3) is 0 Å². The molecule has 2 aromatic heterocycles. The van der Waals surface area contributed by atoms with E-state index >= 15 is 0 Å². The molecule has 0 aliphatic rings. The number of amides is 1. The SMILES string of the molecule is Cc1nocc1C(=O)Nc1ccccn1. The lowest BCUT2D eigenvalue weighted by molar-refractivity contribution is 0.102. The quantitative estimate of drug-likeness (QED) is 0.805. The summed E-state index contributed by atoms with van der Waals surface area (Å²) in [5.74, 6) is 0.232. The molecule has 0 aliphatic carbocycles. The Kier molecular flexibility index (Phi) is 2.45. The third-order valence-electron chi connectivity index (χ3n) is 1.90. The molecule has 0 radical (unpaired) electrons. The summed E-state index contributed by atoms with van der Waals surface area (Å²) in [5, 5.41) is 6.26. The average molecular weight is 203 g/mol. The molecular weight excluding hydrogens is 194 g/mol. The molecule has 15 heavy (non-hydrogen) atoms. The first-order valence-corrected chi connectivity index (χ1v) is 4.41. The van der Waals surface area contributed by atoms with Crippen LogP contribution >= 0.6 is 0 Å². The van der Waals surface area contributed by atoms with Gasteiger partial charge in [0.15, 0.2) is 0 Å². The minimum Gasteiger partial charge on any atom is -0.364 e. The Morgan fingerprint density at radius 1 is 1.47 bits per heavy atom. The second-order valence-corrected chi connectivity index (χ2v) is 2.98. The molecule has 0 unspecified atom stereocenters. The number of pyridine rings is 1. The molecule has 1 N–H and O–H groups in total. The smallest absolute Gasteiger partial charge is 0.262 e. The van der Waals surface area contributed by atoms with Crippen LogP contribution in [0.5, 0.6) is 0 Å². The summed E-state index contributed by atoms with van der Waals surface area (Å²) >= 11 is 0. The molecular formula is C10H9N3O2. The molecule has 2 heterocycles. The van der Waals surface area contributed by atoms with E-state index in [1.165, 1.54) is 6.26 Å². The Morgan fingerprint density at radius 3 is 2.93 bits per heavy atom. The maximum absolute atomic E-state index is 11.6. The van der Waals surface area contributed by atoms with Crippen molar-refractivity contribution in [1.82, 2.24) is 10.1 Å². The predicted molar refractivity (Wildman–Crippen MR) is 53.4 cm³/mol. The fourth-order valence-corrected chi connectivity index (χ4v) is 1.13. The number of aromatic nitrogens is 2. The summed E-state index contributed by atoms with van der Waals surface area (Å²) in [4.78, 5) is 15.6. The van der Waals surface area contributed by atoms with Crippen LogP contribution in [0.3, 0.4) is 0 Å². The molecule has 0 saturated heterocycles. The van der Waals surface area contributed by atoms with Gasteiger partial charge in [-0.15, -0.1) is 0 Å². The predicted octanol–water partition coefficient (Wildman–Crippen LogP) is 1.63. The van der Waals surface area contributed by atoms with Crippen LogP contribution in [0.15, 0.2) is 35.2 Å². The van der Waals surface area contributed by atoms with Gasteiger partial charge in [-0.25, -0.2) is 4.98 Å². The lowest BCUT2D eigenvalue weighted by Gasteiger charge is -2.01. The van der Waals surface area contributed by atoms with Gasteiger partial charge in [0.25, 0.3) is 5.91 Å². The van der Waals surface area contributed by atoms with Crippen molar-refractivity contribution in [2.45, 2.75) is 6.92 Å². The van der Waals surface area contributed by atoms with E-state index in [4.69, 9.17) is 0 Å². The minimum absolute atomic E-state index is 0.271. The minimum atomic E-state index is -0.271. The first kappa shape index (κ1) is 9.39. The first-order chi connectivity index (χ1) is 7.27. The molecule has 0 aromatic carbocycles. The van der Waals surface area contributed by atoms with Gasteiger partial charge < -0.3 is 9.84 Å². The van der Waals surface area contributed by atoms with E-state index in [1.807, 2.05) is 0 Å². The number of aryl methyl sites for hydroxylation is 1. The van der Waals surface area contributed by atoms with Crippen LogP contribution in [-0.2, 0) is 0 Å². The Bertz CT molecular complexity index is 465. The topological polar surface area (TPSA) is 68.0 Å². The molecule has 0 spiro atoms. The van der Waals surface area contributed by atoms with Gasteiger partial charge in [0.2, 0.25) is 0 Å². The molecule has 5 heteroatoms. The molecule has 0 saturated carbocycles. The summed E-state index contributed by atoms with van der Waals surface area (Å²) in [5.41, 5.74) is 0.976. The Labute approximate surface area is 86.1 Å². The van der Waals surface area contributed by atoms with Crippen molar-refractivity contribution in [2.24, 2.45) is 0 Å². The number of carbonyl (C=O) groups is 1. The summed E-state index contributed by atoms with van der Waals surface area (Å²) < 4.78 is 4.67. The van der Waals surface area contributed by atoms with Gasteiger partial charge in [-0.2, -0.15) is 0 Å². The summed E-state index contributed by atoms with van der Waals surface area (Å²) in [6, 6.07) is 5.28. The fourth-order valence-electron chi connectivity index (χ4n) is 1.13. The molecule has 5 nitrogen and oxygen atoms in total. The van der Waals surface area contributed by atoms with Crippen molar-refractivity contribution >= 4 is 11.7 Å². The van der Waals surface area contributed by atoms with Gasteiger partial charge in [0.05, 0.1) is 5.69 Å². The molecule has 2 aromatic rings. The Morgan fingerprint density at radius 2 is 2.33 bits per heavy atom. The van der Waals surface area contributed by atoms with Gasteiger partial charge in [-0.3, -0.25) is 4.79 Å². The molecule has 2 rings (SSSR count). The van der Waals surface area contributed by atoms with Crippen molar-refractivity contribution in [2.75, 3.05) is 5.32 Å². The van der Waals surface area contributed by atoms with E-state index in [9.17, 15) is 4.79 Å². The summed E-state index contributed by atoms with van der Waals surface area (Å²) in [6.45, 7) is 1.71. The van der Waals surface area contributed by atoms with Crippen LogP contribution in [0.2, 0.25) is 0 Å². The van der Waals surface area contributed by atoms with Crippen molar-refractivity contribution in [3.63, 3.8) is 0 Å². The fraction of sp³-hybridized carbons (Fsp3) is 0.100. The van der Waals surface area contributed by atoms with Crippen molar-refractivity contribution < 1.29 is 9.32 Å². The highest BCUT2D eigenvalue weighted by Gasteiger charge is 2.12. The van der Waals surface area contributed by atoms with Gasteiger partial charge in [0.1, 0.15) is 17.6 Å². The second-order valence-electron chi connectivity index (χ2n) is 2.98. The summed E-state index contributed by atoms with van der Waals surface area (Å²) in [6.07, 6.45) is 2.92. The van der Waals surface area contributed by atoms with E-state index in [1.54, 1.807) is 31.3 Å². The van der Waals surface area contributed by atoms with Crippen molar-refractivity contribution in [3.8, 4) is 0 Å². The number of nitrogens with one attached hydrogen (secondary N) is 1. The van der Waals surface area contributed by atoms with Gasteiger partial charge in [0, 0.05) is 6.20 Å². The van der Waals surface area contributed by atoms with Gasteiger partial charge in [-0.05, 0) is 19.1 Å². The van der Waals surface area contributed by atoms with Crippen molar-refractivity contribution in [1.29, 1.82) is 0 Å². The van der Waals surface area contributed by atoms with Gasteiger partial charge >= 0.3 is 0 Å². The molecule has 0 atom stereocenters. The van der Waals surface area contributed by atoms with E-state index < -0.39 is 0 Å². The number of anilines is 1. The van der Waals surface area contributed by atoms with Gasteiger partial charge in [-0.1, -0.05) is 11.2 Å². The zero-order valence-electron chi connectivity index (χ0n) is 8.10. The number of rotatable bonds is 2. The number of hydrogen-bond acceptors (Lipinski definition) is 4. The monoisotopic (exact) mass is 203 g/mol. The van der Waals surface area contributed by atoms with Crippen LogP contribution < -0.4 is 5.32 Å². The Balaban J connectivity index is 2.15. The van der Waals surface area contributed by atoms with Crippen LogP contribution in [0, 0.1) is 6.92 Å². The molecule has 0 fully saturated rings. The normalized spacial score (nSPS) is 9.93. The summed E-state index contributed by atoms with van der Waals surface area (Å²) in [7, 11) is 0. The lowest BCUT2D eigenvalue weighted by Crippen LogP contribution is -2.13. The van der Waals surface area contributed by atoms with Crippen LogP contribution in [-0.4, -0.2) is 16.0 Å².